The van der Waals surface area contributed by atoms with Crippen molar-refractivity contribution in [2.45, 2.75) is 6.54 Å². The number of hydrogen-bond acceptors (Lipinski definition) is 4. The maximum absolute atomic E-state index is 14.2. The summed E-state index contributed by atoms with van der Waals surface area (Å²) in [5, 5.41) is 0. The third-order valence-electron chi connectivity index (χ3n) is 3.74. The van der Waals surface area contributed by atoms with Gasteiger partial charge in [0.1, 0.15) is 17.3 Å². The van der Waals surface area contributed by atoms with Crippen LogP contribution >= 0.6 is 11.3 Å². The number of ether oxygens (including phenoxy) is 2. The zero-order valence-electron chi connectivity index (χ0n) is 14.5. The van der Waals surface area contributed by atoms with E-state index in [-0.39, 0.29) is 22.4 Å². The van der Waals surface area contributed by atoms with Crippen LogP contribution in [0.15, 0.2) is 35.3 Å². The molecule has 0 saturated carbocycles. The summed E-state index contributed by atoms with van der Waals surface area (Å²) in [5.41, 5.74) is 0.330. The number of carbonyl (C=O) groups is 1. The van der Waals surface area contributed by atoms with Crippen LogP contribution in [0, 0.1) is 24.0 Å². The lowest BCUT2D eigenvalue weighted by Crippen LogP contribution is -2.17. The van der Waals surface area contributed by atoms with E-state index in [0.29, 0.717) is 16.2 Å². The molecule has 0 N–H and O–H groups in total. The highest BCUT2D eigenvalue weighted by atomic mass is 32.1. The van der Waals surface area contributed by atoms with Gasteiger partial charge in [-0.1, -0.05) is 17.3 Å². The molecule has 3 aromatic rings. The van der Waals surface area contributed by atoms with Crippen molar-refractivity contribution < 1.29 is 23.0 Å². The summed E-state index contributed by atoms with van der Waals surface area (Å²) in [7, 11) is 2.93. The molecule has 0 bridgehead atoms. The van der Waals surface area contributed by atoms with Crippen LogP contribution in [0.4, 0.5) is 8.78 Å². The van der Waals surface area contributed by atoms with Crippen molar-refractivity contribution in [2.75, 3.05) is 14.2 Å². The number of thiazole rings is 1. The Balaban J connectivity index is 2.18. The molecule has 0 fully saturated rings. The second-order valence-corrected chi connectivity index (χ2v) is 6.44. The normalized spacial score (nSPS) is 11.4. The van der Waals surface area contributed by atoms with Gasteiger partial charge >= 0.3 is 0 Å². The molecule has 5 nitrogen and oxygen atoms in total. The smallest absolute Gasteiger partial charge is 0.279 e. The quantitative estimate of drug-likeness (QED) is 0.644. The van der Waals surface area contributed by atoms with E-state index < -0.39 is 17.5 Å². The van der Waals surface area contributed by atoms with Crippen LogP contribution in [0.5, 0.6) is 11.5 Å². The van der Waals surface area contributed by atoms with E-state index in [0.717, 1.165) is 17.4 Å². The topological polar surface area (TPSA) is 52.8 Å². The van der Waals surface area contributed by atoms with Crippen molar-refractivity contribution in [3.8, 4) is 23.8 Å². The van der Waals surface area contributed by atoms with E-state index in [2.05, 4.69) is 10.9 Å². The minimum Gasteiger partial charge on any atom is -0.497 e. The number of carbonyl (C=O) groups excluding carboxylic acids is 1. The Morgan fingerprint density at radius 1 is 1.19 bits per heavy atom. The van der Waals surface area contributed by atoms with E-state index in [4.69, 9.17) is 15.9 Å². The number of rotatable bonds is 4. The summed E-state index contributed by atoms with van der Waals surface area (Å²) >= 11 is 0.972. The summed E-state index contributed by atoms with van der Waals surface area (Å²) in [6, 6.07) is 6.57. The van der Waals surface area contributed by atoms with Gasteiger partial charge < -0.3 is 14.0 Å². The van der Waals surface area contributed by atoms with Gasteiger partial charge in [-0.15, -0.1) is 6.42 Å². The van der Waals surface area contributed by atoms with Gasteiger partial charge in [0.25, 0.3) is 5.91 Å². The lowest BCUT2D eigenvalue weighted by molar-refractivity contribution is 0.0997. The average Bonchev–Trinajstić information content (AvgIpc) is 2.98. The summed E-state index contributed by atoms with van der Waals surface area (Å²) in [6.07, 6.45) is 5.35. The predicted molar refractivity (Wildman–Crippen MR) is 98.0 cm³/mol. The van der Waals surface area contributed by atoms with Crippen LogP contribution in [-0.4, -0.2) is 24.7 Å². The Bertz CT molecular complexity index is 1120. The van der Waals surface area contributed by atoms with Crippen LogP contribution < -0.4 is 14.3 Å². The van der Waals surface area contributed by atoms with Gasteiger partial charge in [0, 0.05) is 17.7 Å². The first kappa shape index (κ1) is 18.6. The Morgan fingerprint density at radius 2 is 1.85 bits per heavy atom. The fraction of sp³-hybridized carbons (Fsp3) is 0.158. The second-order valence-electron chi connectivity index (χ2n) is 5.43. The van der Waals surface area contributed by atoms with Crippen LogP contribution in [0.3, 0.4) is 0 Å². The number of fused-ring (bicyclic) bond motifs is 1. The monoisotopic (exact) mass is 388 g/mol. The average molecular weight is 388 g/mol. The Labute approximate surface area is 157 Å². The highest BCUT2D eigenvalue weighted by Gasteiger charge is 2.15. The molecule has 138 valence electrons. The number of amides is 1. The molecule has 3 rings (SSSR count). The van der Waals surface area contributed by atoms with Crippen LogP contribution in [0.1, 0.15) is 10.4 Å². The summed E-state index contributed by atoms with van der Waals surface area (Å²) in [5.74, 6) is 1.16. The van der Waals surface area contributed by atoms with Gasteiger partial charge in [0.15, 0.2) is 10.6 Å². The van der Waals surface area contributed by atoms with Gasteiger partial charge in [0.05, 0.1) is 31.0 Å². The molecule has 8 heteroatoms. The summed E-state index contributed by atoms with van der Waals surface area (Å²) in [6.45, 7) is -0.0178. The first-order valence-corrected chi connectivity index (χ1v) is 8.52. The number of hydrogen-bond donors (Lipinski definition) is 0. The van der Waals surface area contributed by atoms with Crippen molar-refractivity contribution in [3.05, 3.63) is 52.3 Å². The molecular weight excluding hydrogens is 374 g/mol. The fourth-order valence-electron chi connectivity index (χ4n) is 2.53. The number of aromatic nitrogens is 1. The molecule has 0 saturated heterocycles. The van der Waals surface area contributed by atoms with Gasteiger partial charge in [0.2, 0.25) is 0 Å². The molecule has 0 unspecified atom stereocenters. The molecule has 1 amide bonds. The van der Waals surface area contributed by atoms with Gasteiger partial charge in [-0.05, 0) is 18.2 Å². The Kier molecular flexibility index (Phi) is 5.23. The SMILES string of the molecule is C#CCn1c(=NC(=O)c2cc(OC)cc(OC)c2)sc2cc(F)cc(F)c21. The maximum atomic E-state index is 14.2. The maximum Gasteiger partial charge on any atom is 0.279 e. The number of benzene rings is 2. The van der Waals surface area contributed by atoms with E-state index in [1.54, 1.807) is 6.07 Å². The predicted octanol–water partition coefficient (Wildman–Crippen LogP) is 3.37. The van der Waals surface area contributed by atoms with Gasteiger partial charge in [-0.2, -0.15) is 4.99 Å². The van der Waals surface area contributed by atoms with Crippen molar-refractivity contribution in [2.24, 2.45) is 4.99 Å². The molecular formula is C19H14F2N2O3S. The van der Waals surface area contributed by atoms with E-state index in [1.807, 2.05) is 0 Å². The van der Waals surface area contributed by atoms with Crippen molar-refractivity contribution in [1.82, 2.24) is 4.57 Å². The number of halogens is 2. The summed E-state index contributed by atoms with van der Waals surface area (Å²) in [4.78, 5) is 16.9. The van der Waals surface area contributed by atoms with Crippen LogP contribution in [0.2, 0.25) is 0 Å². The fourth-order valence-corrected chi connectivity index (χ4v) is 3.60. The minimum atomic E-state index is -0.770. The van der Waals surface area contributed by atoms with Gasteiger partial charge in [-0.25, -0.2) is 8.78 Å². The molecule has 1 heterocycles. The molecule has 0 spiro atoms. The minimum absolute atomic E-state index is 0.0178. The Morgan fingerprint density at radius 3 is 2.44 bits per heavy atom. The lowest BCUT2D eigenvalue weighted by atomic mass is 10.2. The Hall–Kier alpha value is -3.18. The van der Waals surface area contributed by atoms with Crippen LogP contribution in [-0.2, 0) is 6.54 Å². The first-order chi connectivity index (χ1) is 13.0. The largest absolute Gasteiger partial charge is 0.497 e. The van der Waals surface area contributed by atoms with Crippen molar-refractivity contribution in [3.63, 3.8) is 0 Å². The van der Waals surface area contributed by atoms with E-state index in [9.17, 15) is 13.6 Å². The molecule has 0 aliphatic rings. The first-order valence-electron chi connectivity index (χ1n) is 7.70. The zero-order chi connectivity index (χ0) is 19.6. The van der Waals surface area contributed by atoms with Crippen molar-refractivity contribution in [1.29, 1.82) is 0 Å². The second kappa shape index (κ2) is 7.60. The molecule has 1 aromatic heterocycles. The molecule has 0 aliphatic heterocycles. The molecule has 27 heavy (non-hydrogen) atoms. The third kappa shape index (κ3) is 3.68. The highest BCUT2D eigenvalue weighted by molar-refractivity contribution is 7.16. The molecule has 0 radical (unpaired) electrons. The zero-order valence-corrected chi connectivity index (χ0v) is 15.3. The molecule has 2 aromatic carbocycles. The highest BCUT2D eigenvalue weighted by Crippen LogP contribution is 2.24. The van der Waals surface area contributed by atoms with Gasteiger partial charge in [-0.3, -0.25) is 4.79 Å². The number of terminal acetylenes is 1. The lowest BCUT2D eigenvalue weighted by Gasteiger charge is -2.06. The third-order valence-corrected chi connectivity index (χ3v) is 4.77. The standard InChI is InChI=1S/C19H14F2N2O3S/c1-4-5-23-17-15(21)8-12(20)9-16(17)27-19(23)22-18(24)11-6-13(25-2)10-14(7-11)26-3/h1,6-10H,5H2,2-3H3. The molecule has 0 atom stereocenters. The number of methoxy groups -OCH3 is 2. The van der Waals surface area contributed by atoms with E-state index >= 15 is 0 Å². The number of nitrogens with zero attached hydrogens (tertiary/aromatic N) is 2. The van der Waals surface area contributed by atoms with Crippen LogP contribution in [0.25, 0.3) is 10.2 Å². The molecule has 0 aliphatic carbocycles. The van der Waals surface area contributed by atoms with Crippen molar-refractivity contribution >= 4 is 27.5 Å². The summed E-state index contributed by atoms with van der Waals surface area (Å²) < 4.78 is 39.7. The van der Waals surface area contributed by atoms with E-state index in [1.165, 1.54) is 37.0 Å².